The number of carbonyl (C=O) groups is 1. The maximum absolute atomic E-state index is 10.3. The van der Waals surface area contributed by atoms with Crippen LogP contribution in [-0.4, -0.2) is 11.0 Å². The van der Waals surface area contributed by atoms with Crippen LogP contribution in [0.25, 0.3) is 0 Å². The zero-order valence-electron chi connectivity index (χ0n) is 4.77. The first kappa shape index (κ1) is 9.01. The van der Waals surface area contributed by atoms with Gasteiger partial charge in [-0.25, -0.2) is 4.79 Å². The van der Waals surface area contributed by atoms with Gasteiger partial charge in [-0.1, -0.05) is 30.1 Å². The molecule has 0 radical (unpaired) electrons. The highest BCUT2D eigenvalue weighted by Crippen LogP contribution is 2.03. The second kappa shape index (κ2) is 4.85. The van der Waals surface area contributed by atoms with Crippen LogP contribution < -0.4 is 0 Å². The lowest BCUT2D eigenvalue weighted by Gasteiger charge is -1.99. The molecule has 0 atom stereocenters. The molecule has 0 saturated carbocycles. The first-order valence-corrected chi connectivity index (χ1v) is 3.18. The van der Waals surface area contributed by atoms with E-state index in [1.165, 1.54) is 0 Å². The molecule has 0 aromatic carbocycles. The number of halogens is 2. The van der Waals surface area contributed by atoms with E-state index in [1.807, 2.05) is 0 Å². The topological polar surface area (TPSA) is 35.5 Å². The fourth-order valence-electron chi connectivity index (χ4n) is 0.149. The maximum Gasteiger partial charge on any atom is 0.342 e. The van der Waals surface area contributed by atoms with E-state index in [-0.39, 0.29) is 6.42 Å². The van der Waals surface area contributed by atoms with Crippen molar-refractivity contribution in [3.05, 3.63) is 0 Å². The Labute approximate surface area is 62.8 Å². The average Bonchev–Trinajstić information content (AvgIpc) is 1.83. The van der Waals surface area contributed by atoms with Crippen molar-refractivity contribution in [3.63, 3.8) is 0 Å². The third kappa shape index (κ3) is 5.89. The molecule has 3 nitrogen and oxygen atoms in total. The second-order valence-electron chi connectivity index (χ2n) is 1.17. The third-order valence-corrected chi connectivity index (χ3v) is 0.648. The summed E-state index contributed by atoms with van der Waals surface area (Å²) in [7, 11) is 0. The summed E-state index contributed by atoms with van der Waals surface area (Å²) in [5.41, 5.74) is 0. The van der Waals surface area contributed by atoms with E-state index in [0.29, 0.717) is 0 Å². The van der Waals surface area contributed by atoms with E-state index in [4.69, 9.17) is 23.2 Å². The Morgan fingerprint density at radius 1 is 1.67 bits per heavy atom. The van der Waals surface area contributed by atoms with E-state index in [2.05, 4.69) is 9.78 Å². The van der Waals surface area contributed by atoms with Crippen LogP contribution in [0.5, 0.6) is 0 Å². The summed E-state index contributed by atoms with van der Waals surface area (Å²) < 4.78 is 0. The molecule has 0 saturated heterocycles. The lowest BCUT2D eigenvalue weighted by Crippen LogP contribution is -2.05. The molecule has 0 heterocycles. The zero-order valence-corrected chi connectivity index (χ0v) is 6.28. The van der Waals surface area contributed by atoms with Gasteiger partial charge >= 0.3 is 5.97 Å². The highest BCUT2D eigenvalue weighted by atomic mass is 35.5. The minimum atomic E-state index is -1.11. The average molecular weight is 173 g/mol. The predicted octanol–water partition coefficient (Wildman–Crippen LogP) is 1.63. The molecule has 9 heavy (non-hydrogen) atoms. The molecule has 0 spiro atoms. The molecule has 0 aromatic rings. The minimum absolute atomic E-state index is 0.237. The Balaban J connectivity index is 3.17. The molecule has 0 aliphatic heterocycles. The molecule has 54 valence electrons. The summed E-state index contributed by atoms with van der Waals surface area (Å²) >= 11 is 10.1. The first-order valence-electron chi connectivity index (χ1n) is 2.31. The number of hydrogen-bond donors (Lipinski definition) is 0. The Bertz CT molecular complexity index is 93.8. The van der Waals surface area contributed by atoms with Crippen molar-refractivity contribution in [1.29, 1.82) is 0 Å². The number of hydrogen-bond acceptors (Lipinski definition) is 3. The Morgan fingerprint density at radius 2 is 2.22 bits per heavy atom. The van der Waals surface area contributed by atoms with Gasteiger partial charge in [0.1, 0.15) is 0 Å². The van der Waals surface area contributed by atoms with Crippen molar-refractivity contribution in [2.75, 3.05) is 0 Å². The van der Waals surface area contributed by atoms with Gasteiger partial charge < -0.3 is 0 Å². The summed E-state index contributed by atoms with van der Waals surface area (Å²) in [4.78, 5) is 18.4. The third-order valence-electron chi connectivity index (χ3n) is 0.502. The van der Waals surface area contributed by atoms with Crippen molar-refractivity contribution < 1.29 is 14.6 Å². The molecule has 0 amide bonds. The minimum Gasteiger partial charge on any atom is -0.296 e. The zero-order chi connectivity index (χ0) is 7.28. The van der Waals surface area contributed by atoms with Crippen LogP contribution in [0.1, 0.15) is 13.3 Å². The van der Waals surface area contributed by atoms with Crippen LogP contribution in [0, 0.1) is 0 Å². The summed E-state index contributed by atoms with van der Waals surface area (Å²) in [5.74, 6) is -0.499. The van der Waals surface area contributed by atoms with Crippen LogP contribution in [0.3, 0.4) is 0 Å². The Kier molecular flexibility index (Phi) is 4.85. The van der Waals surface area contributed by atoms with Crippen molar-refractivity contribution in [3.8, 4) is 0 Å². The fourth-order valence-corrected chi connectivity index (χ4v) is 0.222. The van der Waals surface area contributed by atoms with E-state index in [9.17, 15) is 4.79 Å². The van der Waals surface area contributed by atoms with Crippen LogP contribution >= 0.6 is 23.2 Å². The number of alkyl halides is 2. The molecule has 0 aliphatic rings. The van der Waals surface area contributed by atoms with Crippen LogP contribution in [0.15, 0.2) is 0 Å². The van der Waals surface area contributed by atoms with E-state index >= 15 is 0 Å². The van der Waals surface area contributed by atoms with Crippen molar-refractivity contribution in [1.82, 2.24) is 0 Å². The molecule has 0 bridgehead atoms. The van der Waals surface area contributed by atoms with Crippen LogP contribution in [0.2, 0.25) is 0 Å². The van der Waals surface area contributed by atoms with Crippen molar-refractivity contribution >= 4 is 29.2 Å². The molecular formula is C4H6Cl2O3. The van der Waals surface area contributed by atoms with E-state index in [0.717, 1.165) is 0 Å². The molecule has 0 rings (SSSR count). The fraction of sp³-hybridized carbons (Fsp3) is 0.750. The van der Waals surface area contributed by atoms with Gasteiger partial charge in [0.2, 0.25) is 0 Å². The lowest BCUT2D eigenvalue weighted by atomic mass is 10.5. The molecular weight excluding hydrogens is 167 g/mol. The Hall–Kier alpha value is 0.01000. The van der Waals surface area contributed by atoms with Crippen LogP contribution in [0.4, 0.5) is 0 Å². The molecule has 0 fully saturated rings. The monoisotopic (exact) mass is 172 g/mol. The van der Waals surface area contributed by atoms with Gasteiger partial charge in [-0.15, -0.1) is 4.89 Å². The predicted molar refractivity (Wildman–Crippen MR) is 33.0 cm³/mol. The quantitative estimate of drug-likeness (QED) is 0.369. The van der Waals surface area contributed by atoms with Gasteiger partial charge in [0.15, 0.2) is 0 Å². The highest BCUT2D eigenvalue weighted by molar-refractivity contribution is 6.43. The molecule has 0 aromatic heterocycles. The standard InChI is InChI=1S/C4H6Cl2O3/c1-2-3(7)8-9-4(5)6/h4H,2H2,1H3. The maximum atomic E-state index is 10.3. The second-order valence-corrected chi connectivity index (χ2v) is 2.18. The molecule has 0 aliphatic carbocycles. The summed E-state index contributed by atoms with van der Waals surface area (Å²) in [6.45, 7) is 1.63. The summed E-state index contributed by atoms with van der Waals surface area (Å²) in [6.07, 6.45) is 0.237. The largest absolute Gasteiger partial charge is 0.342 e. The number of rotatable bonds is 3. The molecule has 5 heteroatoms. The van der Waals surface area contributed by atoms with Gasteiger partial charge in [0.25, 0.3) is 5.02 Å². The van der Waals surface area contributed by atoms with Crippen LogP contribution in [-0.2, 0) is 14.6 Å². The Morgan fingerprint density at radius 3 is 2.56 bits per heavy atom. The smallest absolute Gasteiger partial charge is 0.296 e. The first-order chi connectivity index (χ1) is 4.16. The van der Waals surface area contributed by atoms with Crippen molar-refractivity contribution in [2.24, 2.45) is 0 Å². The van der Waals surface area contributed by atoms with Gasteiger partial charge in [0.05, 0.1) is 0 Å². The number of carbonyl (C=O) groups excluding carboxylic acids is 1. The van der Waals surface area contributed by atoms with Crippen molar-refractivity contribution in [2.45, 2.75) is 18.4 Å². The van der Waals surface area contributed by atoms with E-state index in [1.54, 1.807) is 6.92 Å². The molecule has 0 N–H and O–H groups in total. The van der Waals surface area contributed by atoms with Gasteiger partial charge in [-0.3, -0.25) is 4.89 Å². The van der Waals surface area contributed by atoms with E-state index < -0.39 is 11.0 Å². The summed E-state index contributed by atoms with van der Waals surface area (Å²) in [5, 5.41) is -1.11. The molecule has 0 unspecified atom stereocenters. The SMILES string of the molecule is CCC(=O)OOC(Cl)Cl. The highest BCUT2D eigenvalue weighted by Gasteiger charge is 2.03. The lowest BCUT2D eigenvalue weighted by molar-refractivity contribution is -0.268. The van der Waals surface area contributed by atoms with Gasteiger partial charge in [0, 0.05) is 6.42 Å². The normalized spacial score (nSPS) is 9.78. The van der Waals surface area contributed by atoms with Gasteiger partial charge in [-0.05, 0) is 0 Å². The summed E-state index contributed by atoms with van der Waals surface area (Å²) in [6, 6.07) is 0. The van der Waals surface area contributed by atoms with Gasteiger partial charge in [-0.2, -0.15) is 0 Å².